The molecule has 6 rings (SSSR count). The molecule has 0 unspecified atom stereocenters. The normalized spacial score (nSPS) is 25.0. The van der Waals surface area contributed by atoms with Gasteiger partial charge >= 0.3 is 0 Å². The monoisotopic (exact) mass is 534 g/mol. The molecule has 3 aromatic rings. The molecule has 3 aliphatic rings. The SMILES string of the molecule is N[C@H]1CCC[C@H]1C(=O)CC1CCC(Nc2cc(NC3CC3)c3ncc(C(=O)Nc4ccncc4F)n3n2)CC1. The Balaban J connectivity index is 1.15. The van der Waals surface area contributed by atoms with Gasteiger partial charge in [-0.3, -0.25) is 14.6 Å². The van der Waals surface area contributed by atoms with E-state index in [1.807, 2.05) is 6.07 Å². The molecule has 0 spiro atoms. The van der Waals surface area contributed by atoms with Gasteiger partial charge in [0.15, 0.2) is 17.2 Å². The van der Waals surface area contributed by atoms with E-state index < -0.39 is 11.7 Å². The number of amides is 1. The highest BCUT2D eigenvalue weighted by atomic mass is 19.1. The maximum atomic E-state index is 14.1. The Labute approximate surface area is 226 Å². The predicted octanol–water partition coefficient (Wildman–Crippen LogP) is 4.15. The summed E-state index contributed by atoms with van der Waals surface area (Å²) >= 11 is 0. The molecule has 39 heavy (non-hydrogen) atoms. The van der Waals surface area contributed by atoms with E-state index in [-0.39, 0.29) is 29.4 Å². The van der Waals surface area contributed by atoms with E-state index in [9.17, 15) is 14.0 Å². The van der Waals surface area contributed by atoms with Crippen molar-refractivity contribution in [1.82, 2.24) is 19.6 Å². The van der Waals surface area contributed by atoms with Gasteiger partial charge in [-0.25, -0.2) is 13.9 Å². The van der Waals surface area contributed by atoms with Gasteiger partial charge in [0.05, 0.1) is 23.8 Å². The van der Waals surface area contributed by atoms with Gasteiger partial charge in [0.2, 0.25) is 0 Å². The lowest BCUT2D eigenvalue weighted by Gasteiger charge is -2.30. The van der Waals surface area contributed by atoms with Gasteiger partial charge in [-0.05, 0) is 63.4 Å². The van der Waals surface area contributed by atoms with E-state index in [2.05, 4.69) is 25.9 Å². The summed E-state index contributed by atoms with van der Waals surface area (Å²) in [6, 6.07) is 3.99. The van der Waals surface area contributed by atoms with Crippen LogP contribution in [0.1, 0.15) is 74.7 Å². The van der Waals surface area contributed by atoms with Crippen LogP contribution >= 0.6 is 0 Å². The van der Waals surface area contributed by atoms with Crippen LogP contribution in [0.5, 0.6) is 0 Å². The van der Waals surface area contributed by atoms with E-state index in [0.29, 0.717) is 35.6 Å². The molecule has 3 fully saturated rings. The molecule has 10 nitrogen and oxygen atoms in total. The molecule has 0 radical (unpaired) electrons. The molecule has 3 aliphatic carbocycles. The van der Waals surface area contributed by atoms with E-state index in [1.165, 1.54) is 23.0 Å². The molecule has 3 saturated carbocycles. The fourth-order valence-corrected chi connectivity index (χ4v) is 5.95. The molecular formula is C28H35FN8O2. The molecule has 0 saturated heterocycles. The standard InChI is InChI=1S/C28H35FN8O2/c29-20-14-31-11-10-22(20)35-28(39)24-15-32-27-23(33-17-8-9-17)13-26(36-37(24)27)34-18-6-4-16(5-7-18)12-25(38)19-2-1-3-21(19)30/h10-11,13-19,21,33H,1-9,12,30H2,(H,34,36)(H,31,35,39)/t16?,18?,19-,21+/m1/s1. The summed E-state index contributed by atoms with van der Waals surface area (Å²) in [6.45, 7) is 0. The van der Waals surface area contributed by atoms with Gasteiger partial charge < -0.3 is 21.7 Å². The summed E-state index contributed by atoms with van der Waals surface area (Å²) in [5, 5.41) is 14.3. The minimum atomic E-state index is -0.616. The Morgan fingerprint density at radius 3 is 2.49 bits per heavy atom. The third kappa shape index (κ3) is 5.73. The number of hydrogen-bond donors (Lipinski definition) is 4. The molecule has 1 amide bonds. The highest BCUT2D eigenvalue weighted by molar-refractivity contribution is 6.03. The number of nitrogens with zero attached hydrogens (tertiary/aromatic N) is 4. The zero-order valence-corrected chi connectivity index (χ0v) is 21.9. The highest BCUT2D eigenvalue weighted by Crippen LogP contribution is 2.34. The van der Waals surface area contributed by atoms with Crippen molar-refractivity contribution in [3.05, 3.63) is 42.2 Å². The van der Waals surface area contributed by atoms with Crippen LogP contribution in [0.15, 0.2) is 30.7 Å². The maximum Gasteiger partial charge on any atom is 0.276 e. The second-order valence-corrected chi connectivity index (χ2v) is 11.3. The molecular weight excluding hydrogens is 499 g/mol. The number of hydrogen-bond acceptors (Lipinski definition) is 8. The maximum absolute atomic E-state index is 14.1. The number of rotatable bonds is 9. The van der Waals surface area contributed by atoms with Crippen LogP contribution in [0.3, 0.4) is 0 Å². The number of carbonyl (C=O) groups is 2. The molecule has 5 N–H and O–H groups in total. The summed E-state index contributed by atoms with van der Waals surface area (Å²) < 4.78 is 15.6. The number of ketones is 1. The highest BCUT2D eigenvalue weighted by Gasteiger charge is 2.32. The number of nitrogens with one attached hydrogen (secondary N) is 3. The largest absolute Gasteiger partial charge is 0.379 e. The van der Waals surface area contributed by atoms with Gasteiger partial charge in [-0.2, -0.15) is 0 Å². The molecule has 11 heteroatoms. The first-order chi connectivity index (χ1) is 18.9. The van der Waals surface area contributed by atoms with E-state index in [4.69, 9.17) is 10.8 Å². The van der Waals surface area contributed by atoms with Gasteiger partial charge in [-0.15, -0.1) is 5.10 Å². The lowest BCUT2D eigenvalue weighted by molar-refractivity contribution is -0.124. The third-order valence-corrected chi connectivity index (χ3v) is 8.33. The molecule has 3 aromatic heterocycles. The van der Waals surface area contributed by atoms with Gasteiger partial charge in [0.25, 0.3) is 5.91 Å². The summed E-state index contributed by atoms with van der Waals surface area (Å²) in [4.78, 5) is 34.0. The van der Waals surface area contributed by atoms with Crippen molar-refractivity contribution in [2.75, 3.05) is 16.0 Å². The second-order valence-electron chi connectivity index (χ2n) is 11.3. The summed E-state index contributed by atoms with van der Waals surface area (Å²) in [7, 11) is 0. The number of fused-ring (bicyclic) bond motifs is 1. The zero-order chi connectivity index (χ0) is 26.9. The Morgan fingerprint density at radius 2 is 1.77 bits per heavy atom. The van der Waals surface area contributed by atoms with Crippen LogP contribution in [0.25, 0.3) is 5.65 Å². The molecule has 0 aromatic carbocycles. The molecule has 2 atom stereocenters. The van der Waals surface area contributed by atoms with Crippen molar-refractivity contribution in [3.63, 3.8) is 0 Å². The average molecular weight is 535 g/mol. The van der Waals surface area contributed by atoms with Crippen LogP contribution in [0, 0.1) is 17.7 Å². The number of aromatic nitrogens is 4. The Kier molecular flexibility index (Phi) is 7.16. The topological polar surface area (TPSA) is 139 Å². The molecule has 0 bridgehead atoms. The first-order valence-electron chi connectivity index (χ1n) is 14.1. The van der Waals surface area contributed by atoms with Gasteiger partial charge in [0.1, 0.15) is 11.6 Å². The molecule has 206 valence electrons. The molecule has 3 heterocycles. The second kappa shape index (κ2) is 10.9. The van der Waals surface area contributed by atoms with Gasteiger partial charge in [0, 0.05) is 42.7 Å². The first-order valence-corrected chi connectivity index (χ1v) is 14.1. The average Bonchev–Trinajstić information content (AvgIpc) is 3.45. The Bertz CT molecular complexity index is 1360. The van der Waals surface area contributed by atoms with Gasteiger partial charge in [-0.1, -0.05) is 6.42 Å². The quantitative estimate of drug-likeness (QED) is 0.321. The minimum absolute atomic E-state index is 0.0359. The number of Topliss-reactive ketones (excluding diaryl/α,β-unsaturated/α-hetero) is 1. The summed E-state index contributed by atoms with van der Waals surface area (Å²) in [5.41, 5.74) is 7.74. The number of halogens is 1. The van der Waals surface area contributed by atoms with Crippen molar-refractivity contribution in [2.45, 2.75) is 82.3 Å². The number of pyridine rings is 1. The minimum Gasteiger partial charge on any atom is -0.379 e. The van der Waals surface area contributed by atoms with Crippen LogP contribution in [-0.2, 0) is 4.79 Å². The van der Waals surface area contributed by atoms with Crippen LogP contribution < -0.4 is 21.7 Å². The summed E-state index contributed by atoms with van der Waals surface area (Å²) in [6.07, 6.45) is 13.5. The number of imidazole rings is 1. The fraction of sp³-hybridized carbons (Fsp3) is 0.536. The third-order valence-electron chi connectivity index (χ3n) is 8.33. The van der Waals surface area contributed by atoms with Crippen molar-refractivity contribution < 1.29 is 14.0 Å². The van der Waals surface area contributed by atoms with Crippen molar-refractivity contribution in [2.24, 2.45) is 17.6 Å². The predicted molar refractivity (Wildman–Crippen MR) is 146 cm³/mol. The lowest BCUT2D eigenvalue weighted by atomic mass is 9.80. The number of anilines is 3. The zero-order valence-electron chi connectivity index (χ0n) is 21.9. The van der Waals surface area contributed by atoms with Crippen molar-refractivity contribution >= 4 is 34.5 Å². The Morgan fingerprint density at radius 1 is 1.00 bits per heavy atom. The lowest BCUT2D eigenvalue weighted by Crippen LogP contribution is -2.33. The summed E-state index contributed by atoms with van der Waals surface area (Å²) in [5.74, 6) is 0.312. The smallest absolute Gasteiger partial charge is 0.276 e. The first kappa shape index (κ1) is 25.7. The van der Waals surface area contributed by atoms with Crippen molar-refractivity contribution in [3.8, 4) is 0 Å². The Hall–Kier alpha value is -3.60. The van der Waals surface area contributed by atoms with Crippen LogP contribution in [0.2, 0.25) is 0 Å². The van der Waals surface area contributed by atoms with Crippen LogP contribution in [-0.4, -0.2) is 49.4 Å². The van der Waals surface area contributed by atoms with E-state index in [1.54, 1.807) is 0 Å². The fourth-order valence-electron chi connectivity index (χ4n) is 5.95. The van der Waals surface area contributed by atoms with E-state index in [0.717, 1.165) is 69.7 Å². The number of carbonyl (C=O) groups excluding carboxylic acids is 2. The van der Waals surface area contributed by atoms with Crippen LogP contribution in [0.4, 0.5) is 21.6 Å². The number of nitrogens with two attached hydrogens (primary N) is 1. The van der Waals surface area contributed by atoms with Crippen molar-refractivity contribution in [1.29, 1.82) is 0 Å². The van der Waals surface area contributed by atoms with E-state index >= 15 is 0 Å². The molecule has 0 aliphatic heterocycles.